The van der Waals surface area contributed by atoms with E-state index in [4.69, 9.17) is 4.74 Å². The lowest BCUT2D eigenvalue weighted by atomic mass is 10.2. The van der Waals surface area contributed by atoms with Gasteiger partial charge in [-0.2, -0.15) is 0 Å². The first kappa shape index (κ1) is 25.4. The van der Waals surface area contributed by atoms with Crippen molar-refractivity contribution in [2.24, 2.45) is 7.05 Å². The number of carbonyl (C=O) groups excluding carboxylic acids is 2. The number of unbranched alkanes of at least 4 members (excludes halogenated alkanes) is 1. The van der Waals surface area contributed by atoms with Crippen LogP contribution in [0.25, 0.3) is 6.08 Å². The number of ether oxygens (including phenoxy) is 1. The standard InChI is InChI=1S/C26H37N3O3/c1-4-6-18-28(21-24-14-10-17-27(24)3)26(31)22-29(19-11-20-32-5-2)25(30)16-15-23-12-8-7-9-13-23/h7-10,12-17H,4-6,11,18-22H2,1-3H3. The van der Waals surface area contributed by atoms with Crippen LogP contribution in [0.3, 0.4) is 0 Å². The topological polar surface area (TPSA) is 54.8 Å². The van der Waals surface area contributed by atoms with Gasteiger partial charge in [0, 0.05) is 51.3 Å². The Morgan fingerprint density at radius 1 is 1.00 bits per heavy atom. The third-order valence-corrected chi connectivity index (χ3v) is 5.32. The molecule has 0 atom stereocenters. The Morgan fingerprint density at radius 2 is 1.75 bits per heavy atom. The van der Waals surface area contributed by atoms with E-state index in [2.05, 4.69) is 6.92 Å². The summed E-state index contributed by atoms with van der Waals surface area (Å²) in [6.45, 7) is 7.05. The zero-order valence-corrected chi connectivity index (χ0v) is 19.7. The van der Waals surface area contributed by atoms with Crippen LogP contribution in [0.1, 0.15) is 44.4 Å². The molecule has 174 valence electrons. The van der Waals surface area contributed by atoms with E-state index in [1.807, 2.05) is 72.1 Å². The first-order valence-electron chi connectivity index (χ1n) is 11.5. The zero-order chi connectivity index (χ0) is 23.2. The van der Waals surface area contributed by atoms with Crippen LogP contribution in [-0.2, 0) is 27.9 Å². The number of aryl methyl sites for hydroxylation is 1. The quantitative estimate of drug-likeness (QED) is 0.329. The summed E-state index contributed by atoms with van der Waals surface area (Å²) in [5, 5.41) is 0. The smallest absolute Gasteiger partial charge is 0.247 e. The fourth-order valence-corrected chi connectivity index (χ4v) is 3.37. The Labute approximate surface area is 192 Å². The van der Waals surface area contributed by atoms with Crippen molar-refractivity contribution in [1.29, 1.82) is 0 Å². The molecule has 0 fully saturated rings. The first-order chi connectivity index (χ1) is 15.5. The van der Waals surface area contributed by atoms with Gasteiger partial charge in [-0.3, -0.25) is 9.59 Å². The molecule has 0 radical (unpaired) electrons. The number of aromatic nitrogens is 1. The summed E-state index contributed by atoms with van der Waals surface area (Å²) in [5.74, 6) is -0.189. The van der Waals surface area contributed by atoms with Gasteiger partial charge in [-0.05, 0) is 43.5 Å². The van der Waals surface area contributed by atoms with E-state index in [9.17, 15) is 9.59 Å². The van der Waals surface area contributed by atoms with Crippen molar-refractivity contribution in [3.63, 3.8) is 0 Å². The molecule has 2 rings (SSSR count). The van der Waals surface area contributed by atoms with Gasteiger partial charge in [0.2, 0.25) is 11.8 Å². The third kappa shape index (κ3) is 8.71. The molecule has 0 aliphatic carbocycles. The Morgan fingerprint density at radius 3 is 2.41 bits per heavy atom. The van der Waals surface area contributed by atoms with Gasteiger partial charge in [0.05, 0.1) is 6.54 Å². The lowest BCUT2D eigenvalue weighted by Gasteiger charge is -2.27. The lowest BCUT2D eigenvalue weighted by molar-refractivity contribution is -0.138. The molecule has 32 heavy (non-hydrogen) atoms. The average molecular weight is 440 g/mol. The maximum absolute atomic E-state index is 13.2. The molecule has 0 aliphatic heterocycles. The summed E-state index contributed by atoms with van der Waals surface area (Å²) in [6.07, 6.45) is 7.96. The molecular formula is C26H37N3O3. The van der Waals surface area contributed by atoms with Gasteiger partial charge in [0.1, 0.15) is 6.54 Å². The van der Waals surface area contributed by atoms with Gasteiger partial charge >= 0.3 is 0 Å². The molecule has 6 nitrogen and oxygen atoms in total. The van der Waals surface area contributed by atoms with E-state index in [1.54, 1.807) is 17.1 Å². The summed E-state index contributed by atoms with van der Waals surface area (Å²) in [6, 6.07) is 13.7. The SMILES string of the molecule is CCCCN(Cc1cccn1C)C(=O)CN(CCCOCC)C(=O)C=Cc1ccccc1. The maximum atomic E-state index is 13.2. The molecule has 0 aliphatic rings. The molecule has 0 saturated heterocycles. The summed E-state index contributed by atoms with van der Waals surface area (Å²) in [7, 11) is 1.98. The Hall–Kier alpha value is -2.86. The predicted octanol–water partition coefficient (Wildman–Crippen LogP) is 4.12. The second-order valence-electron chi connectivity index (χ2n) is 7.83. The lowest BCUT2D eigenvalue weighted by Crippen LogP contribution is -2.43. The summed E-state index contributed by atoms with van der Waals surface area (Å²) in [4.78, 5) is 29.7. The van der Waals surface area contributed by atoms with Crippen LogP contribution < -0.4 is 0 Å². The van der Waals surface area contributed by atoms with Gasteiger partial charge in [-0.1, -0.05) is 43.7 Å². The van der Waals surface area contributed by atoms with Crippen molar-refractivity contribution in [3.05, 3.63) is 66.0 Å². The number of amides is 2. The third-order valence-electron chi connectivity index (χ3n) is 5.32. The molecule has 0 N–H and O–H groups in total. The van der Waals surface area contributed by atoms with Crippen molar-refractivity contribution in [2.45, 2.75) is 39.7 Å². The van der Waals surface area contributed by atoms with E-state index in [0.717, 1.165) is 24.1 Å². The molecule has 0 saturated carbocycles. The zero-order valence-electron chi connectivity index (χ0n) is 19.7. The molecular weight excluding hydrogens is 402 g/mol. The Kier molecular flexibility index (Phi) is 11.3. The molecule has 1 aromatic carbocycles. The summed E-state index contributed by atoms with van der Waals surface area (Å²) < 4.78 is 7.46. The van der Waals surface area contributed by atoms with E-state index >= 15 is 0 Å². The highest BCUT2D eigenvalue weighted by molar-refractivity contribution is 5.94. The minimum absolute atomic E-state index is 0.0301. The van der Waals surface area contributed by atoms with Gasteiger partial charge < -0.3 is 19.1 Å². The summed E-state index contributed by atoms with van der Waals surface area (Å²) >= 11 is 0. The number of hydrogen-bond donors (Lipinski definition) is 0. The van der Waals surface area contributed by atoms with Crippen LogP contribution in [0.4, 0.5) is 0 Å². The molecule has 2 amide bonds. The minimum Gasteiger partial charge on any atom is -0.382 e. The van der Waals surface area contributed by atoms with E-state index in [0.29, 0.717) is 39.3 Å². The van der Waals surface area contributed by atoms with Crippen LogP contribution in [0.2, 0.25) is 0 Å². The molecule has 0 bridgehead atoms. The molecule has 0 unspecified atom stereocenters. The molecule has 6 heteroatoms. The van der Waals surface area contributed by atoms with Crippen LogP contribution in [0, 0.1) is 0 Å². The van der Waals surface area contributed by atoms with Gasteiger partial charge in [0.15, 0.2) is 0 Å². The number of hydrogen-bond acceptors (Lipinski definition) is 3. The van der Waals surface area contributed by atoms with Crippen molar-refractivity contribution < 1.29 is 14.3 Å². The van der Waals surface area contributed by atoms with Crippen LogP contribution >= 0.6 is 0 Å². The highest BCUT2D eigenvalue weighted by Gasteiger charge is 2.20. The molecule has 2 aromatic rings. The van der Waals surface area contributed by atoms with E-state index in [1.165, 1.54) is 0 Å². The van der Waals surface area contributed by atoms with Crippen molar-refractivity contribution in [2.75, 3.05) is 32.8 Å². The first-order valence-corrected chi connectivity index (χ1v) is 11.5. The number of nitrogens with zero attached hydrogens (tertiary/aromatic N) is 3. The predicted molar refractivity (Wildman–Crippen MR) is 129 cm³/mol. The van der Waals surface area contributed by atoms with Crippen molar-refractivity contribution in [1.82, 2.24) is 14.4 Å². The number of rotatable bonds is 14. The highest BCUT2D eigenvalue weighted by atomic mass is 16.5. The Bertz CT molecular complexity index is 845. The molecule has 1 aromatic heterocycles. The molecule has 0 spiro atoms. The fraction of sp³-hybridized carbons (Fsp3) is 0.462. The van der Waals surface area contributed by atoms with Crippen molar-refractivity contribution >= 4 is 17.9 Å². The number of benzene rings is 1. The monoisotopic (exact) mass is 439 g/mol. The normalized spacial score (nSPS) is 11.1. The largest absolute Gasteiger partial charge is 0.382 e. The maximum Gasteiger partial charge on any atom is 0.247 e. The van der Waals surface area contributed by atoms with E-state index in [-0.39, 0.29) is 18.4 Å². The second-order valence-corrected chi connectivity index (χ2v) is 7.83. The average Bonchev–Trinajstić information content (AvgIpc) is 3.21. The van der Waals surface area contributed by atoms with E-state index < -0.39 is 0 Å². The van der Waals surface area contributed by atoms with Gasteiger partial charge in [-0.25, -0.2) is 0 Å². The van der Waals surface area contributed by atoms with Crippen LogP contribution in [0.15, 0.2) is 54.7 Å². The van der Waals surface area contributed by atoms with Crippen LogP contribution in [-0.4, -0.2) is 59.0 Å². The Balaban J connectivity index is 2.09. The second kappa shape index (κ2) is 14.2. The fourth-order valence-electron chi connectivity index (χ4n) is 3.37. The van der Waals surface area contributed by atoms with Crippen molar-refractivity contribution in [3.8, 4) is 0 Å². The van der Waals surface area contributed by atoms with Crippen LogP contribution in [0.5, 0.6) is 0 Å². The van der Waals surface area contributed by atoms with Gasteiger partial charge in [0.25, 0.3) is 0 Å². The molecule has 1 heterocycles. The number of carbonyl (C=O) groups is 2. The minimum atomic E-state index is -0.159. The highest BCUT2D eigenvalue weighted by Crippen LogP contribution is 2.09. The van der Waals surface area contributed by atoms with Gasteiger partial charge in [-0.15, -0.1) is 0 Å². The summed E-state index contributed by atoms with van der Waals surface area (Å²) in [5.41, 5.74) is 2.03.